The van der Waals surface area contributed by atoms with E-state index in [-0.39, 0.29) is 0 Å². The predicted octanol–water partition coefficient (Wildman–Crippen LogP) is 1.78. The highest BCUT2D eigenvalue weighted by molar-refractivity contribution is 5.39. The molecule has 0 aliphatic carbocycles. The smallest absolute Gasteiger partial charge is 0.122 e. The molecule has 0 radical (unpaired) electrons. The fourth-order valence-electron chi connectivity index (χ4n) is 1.26. The Morgan fingerprint density at radius 1 is 1.50 bits per heavy atom. The molecule has 2 rings (SSSR count). The van der Waals surface area contributed by atoms with Crippen molar-refractivity contribution in [2.75, 3.05) is 20.3 Å². The van der Waals surface area contributed by atoms with E-state index >= 15 is 0 Å². The molecule has 0 saturated carbocycles. The SMILES string of the molecule is COc1ccc(OCC2CO2)c(C)c1. The molecule has 0 aromatic heterocycles. The summed E-state index contributed by atoms with van der Waals surface area (Å²) in [6.45, 7) is 3.48. The van der Waals surface area contributed by atoms with Crippen LogP contribution in [-0.4, -0.2) is 26.4 Å². The lowest BCUT2D eigenvalue weighted by atomic mass is 10.2. The van der Waals surface area contributed by atoms with Gasteiger partial charge in [0.05, 0.1) is 13.7 Å². The van der Waals surface area contributed by atoms with Crippen molar-refractivity contribution in [2.45, 2.75) is 13.0 Å². The van der Waals surface area contributed by atoms with Crippen LogP contribution >= 0.6 is 0 Å². The summed E-state index contributed by atoms with van der Waals surface area (Å²) >= 11 is 0. The normalized spacial score (nSPS) is 19.1. The molecule has 76 valence electrons. The number of methoxy groups -OCH3 is 1. The standard InChI is InChI=1S/C11H14O3/c1-8-5-9(12-2)3-4-11(8)14-7-10-6-13-10/h3-5,10H,6-7H2,1-2H3. The first-order valence-electron chi connectivity index (χ1n) is 4.68. The summed E-state index contributed by atoms with van der Waals surface area (Å²) in [5, 5.41) is 0. The van der Waals surface area contributed by atoms with Gasteiger partial charge in [0, 0.05) is 0 Å². The fraction of sp³-hybridized carbons (Fsp3) is 0.455. The van der Waals surface area contributed by atoms with Crippen LogP contribution in [0.5, 0.6) is 11.5 Å². The number of epoxide rings is 1. The molecule has 3 nitrogen and oxygen atoms in total. The summed E-state index contributed by atoms with van der Waals surface area (Å²) in [7, 11) is 1.66. The summed E-state index contributed by atoms with van der Waals surface area (Å²) in [5.41, 5.74) is 1.09. The van der Waals surface area contributed by atoms with Crippen LogP contribution < -0.4 is 9.47 Å². The lowest BCUT2D eigenvalue weighted by molar-refractivity contribution is 0.261. The van der Waals surface area contributed by atoms with E-state index in [9.17, 15) is 0 Å². The van der Waals surface area contributed by atoms with E-state index < -0.39 is 0 Å². The van der Waals surface area contributed by atoms with Crippen LogP contribution in [0, 0.1) is 6.92 Å². The van der Waals surface area contributed by atoms with Crippen molar-refractivity contribution in [3.05, 3.63) is 23.8 Å². The van der Waals surface area contributed by atoms with Gasteiger partial charge in [-0.3, -0.25) is 0 Å². The van der Waals surface area contributed by atoms with Crippen molar-refractivity contribution in [3.63, 3.8) is 0 Å². The van der Waals surface area contributed by atoms with E-state index in [2.05, 4.69) is 0 Å². The largest absolute Gasteiger partial charge is 0.497 e. The van der Waals surface area contributed by atoms with Crippen LogP contribution in [-0.2, 0) is 4.74 Å². The van der Waals surface area contributed by atoms with Gasteiger partial charge in [0.2, 0.25) is 0 Å². The zero-order chi connectivity index (χ0) is 9.97. The molecule has 1 aliphatic rings. The highest BCUT2D eigenvalue weighted by Gasteiger charge is 2.23. The van der Waals surface area contributed by atoms with Crippen molar-refractivity contribution in [1.82, 2.24) is 0 Å². The molecule has 1 aliphatic heterocycles. The molecule has 1 aromatic rings. The lowest BCUT2D eigenvalue weighted by Gasteiger charge is -2.08. The van der Waals surface area contributed by atoms with Gasteiger partial charge in [-0.15, -0.1) is 0 Å². The number of rotatable bonds is 4. The monoisotopic (exact) mass is 194 g/mol. The third kappa shape index (κ3) is 2.17. The molecule has 1 saturated heterocycles. The predicted molar refractivity (Wildman–Crippen MR) is 53.0 cm³/mol. The number of ether oxygens (including phenoxy) is 3. The van der Waals surface area contributed by atoms with E-state index in [1.807, 2.05) is 25.1 Å². The van der Waals surface area contributed by atoms with Crippen LogP contribution in [0.1, 0.15) is 5.56 Å². The van der Waals surface area contributed by atoms with Crippen LogP contribution in [0.15, 0.2) is 18.2 Å². The summed E-state index contributed by atoms with van der Waals surface area (Å²) in [6, 6.07) is 5.79. The maximum absolute atomic E-state index is 5.58. The average molecular weight is 194 g/mol. The summed E-state index contributed by atoms with van der Waals surface area (Å²) in [5.74, 6) is 1.76. The van der Waals surface area contributed by atoms with Gasteiger partial charge in [-0.2, -0.15) is 0 Å². The van der Waals surface area contributed by atoms with Crippen molar-refractivity contribution in [2.24, 2.45) is 0 Å². The molecular weight excluding hydrogens is 180 g/mol. The third-order valence-electron chi connectivity index (χ3n) is 2.21. The maximum Gasteiger partial charge on any atom is 0.122 e. The third-order valence-corrected chi connectivity index (χ3v) is 2.21. The highest BCUT2D eigenvalue weighted by Crippen LogP contribution is 2.24. The van der Waals surface area contributed by atoms with Gasteiger partial charge in [0.15, 0.2) is 0 Å². The van der Waals surface area contributed by atoms with E-state index in [4.69, 9.17) is 14.2 Å². The van der Waals surface area contributed by atoms with Gasteiger partial charge >= 0.3 is 0 Å². The van der Waals surface area contributed by atoms with E-state index in [0.29, 0.717) is 12.7 Å². The van der Waals surface area contributed by atoms with Crippen LogP contribution in [0.2, 0.25) is 0 Å². The van der Waals surface area contributed by atoms with Crippen molar-refractivity contribution >= 4 is 0 Å². The second-order valence-corrected chi connectivity index (χ2v) is 3.40. The topological polar surface area (TPSA) is 31.0 Å². The Balaban J connectivity index is 2.01. The van der Waals surface area contributed by atoms with Gasteiger partial charge < -0.3 is 14.2 Å². The van der Waals surface area contributed by atoms with E-state index in [1.165, 1.54) is 0 Å². The molecule has 14 heavy (non-hydrogen) atoms. The summed E-state index contributed by atoms with van der Waals surface area (Å²) < 4.78 is 15.8. The summed E-state index contributed by atoms with van der Waals surface area (Å²) in [4.78, 5) is 0. The Morgan fingerprint density at radius 3 is 2.86 bits per heavy atom. The molecule has 1 heterocycles. The first-order valence-corrected chi connectivity index (χ1v) is 4.68. The Bertz CT molecular complexity index is 318. The van der Waals surface area contributed by atoms with Crippen molar-refractivity contribution < 1.29 is 14.2 Å². The second-order valence-electron chi connectivity index (χ2n) is 3.40. The van der Waals surface area contributed by atoms with Crippen LogP contribution in [0.3, 0.4) is 0 Å². The quantitative estimate of drug-likeness (QED) is 0.684. The maximum atomic E-state index is 5.58. The minimum atomic E-state index is 0.302. The molecule has 1 aromatic carbocycles. The number of hydrogen-bond donors (Lipinski definition) is 0. The Hall–Kier alpha value is -1.22. The molecule has 1 atom stereocenters. The Kier molecular flexibility index (Phi) is 2.59. The van der Waals surface area contributed by atoms with E-state index in [0.717, 1.165) is 23.7 Å². The first-order chi connectivity index (χ1) is 6.79. The average Bonchev–Trinajstić information content (AvgIpc) is 2.99. The highest BCUT2D eigenvalue weighted by atomic mass is 16.6. The van der Waals surface area contributed by atoms with Gasteiger partial charge in [-0.1, -0.05) is 0 Å². The van der Waals surface area contributed by atoms with E-state index in [1.54, 1.807) is 7.11 Å². The molecule has 0 N–H and O–H groups in total. The number of benzene rings is 1. The number of hydrogen-bond acceptors (Lipinski definition) is 3. The minimum Gasteiger partial charge on any atom is -0.497 e. The van der Waals surface area contributed by atoms with Gasteiger partial charge in [0.1, 0.15) is 24.2 Å². The van der Waals surface area contributed by atoms with Gasteiger partial charge in [-0.25, -0.2) is 0 Å². The Morgan fingerprint density at radius 2 is 2.29 bits per heavy atom. The lowest BCUT2D eigenvalue weighted by Crippen LogP contribution is -2.04. The minimum absolute atomic E-state index is 0.302. The molecule has 0 spiro atoms. The van der Waals surface area contributed by atoms with Crippen LogP contribution in [0.25, 0.3) is 0 Å². The van der Waals surface area contributed by atoms with Gasteiger partial charge in [0.25, 0.3) is 0 Å². The van der Waals surface area contributed by atoms with Crippen LogP contribution in [0.4, 0.5) is 0 Å². The first kappa shape index (κ1) is 9.34. The molecule has 3 heteroatoms. The zero-order valence-electron chi connectivity index (χ0n) is 8.45. The molecule has 1 fully saturated rings. The number of aryl methyl sites for hydroxylation is 1. The molecule has 0 amide bonds. The van der Waals surface area contributed by atoms with Crippen molar-refractivity contribution in [3.8, 4) is 11.5 Å². The molecule has 1 unspecified atom stereocenters. The summed E-state index contributed by atoms with van der Waals surface area (Å²) in [6.07, 6.45) is 0.302. The zero-order valence-corrected chi connectivity index (χ0v) is 8.45. The molecule has 0 bridgehead atoms. The van der Waals surface area contributed by atoms with Gasteiger partial charge in [-0.05, 0) is 30.7 Å². The van der Waals surface area contributed by atoms with Crippen molar-refractivity contribution in [1.29, 1.82) is 0 Å². The fourth-order valence-corrected chi connectivity index (χ4v) is 1.26. The second kappa shape index (κ2) is 3.88. The Labute approximate surface area is 83.6 Å². The molecular formula is C11H14O3.